The van der Waals surface area contributed by atoms with Gasteiger partial charge in [0.15, 0.2) is 0 Å². The van der Waals surface area contributed by atoms with E-state index in [1.165, 1.54) is 4.90 Å². The molecule has 0 unspecified atom stereocenters. The molecule has 9 heteroatoms. The van der Waals surface area contributed by atoms with Crippen molar-refractivity contribution in [2.45, 2.75) is 58.7 Å². The molecule has 0 aliphatic rings. The standard InChI is InChI=1S/C31H38ClN3O4S/c1-5-23(3)33-31(37)29(20-25-11-8-7-9-12-25)34(21-26-13-10-14-27(32)19-26)30(36)22-35(40(4,38)39)28-17-15-24(6-2)16-18-28/h7-19,23,29H,5-6,20-22H2,1-4H3,(H,33,37)/t23-,29-/m1/s1. The van der Waals surface area contributed by atoms with Crippen LogP contribution in [-0.4, -0.2) is 50.0 Å². The van der Waals surface area contributed by atoms with Gasteiger partial charge in [-0.1, -0.05) is 80.0 Å². The molecule has 0 saturated heterocycles. The molecular formula is C31H38ClN3O4S. The van der Waals surface area contributed by atoms with E-state index in [-0.39, 0.29) is 24.9 Å². The smallest absolute Gasteiger partial charge is 0.244 e. The van der Waals surface area contributed by atoms with E-state index in [0.717, 1.165) is 40.1 Å². The predicted octanol–water partition coefficient (Wildman–Crippen LogP) is 5.22. The van der Waals surface area contributed by atoms with E-state index >= 15 is 0 Å². The van der Waals surface area contributed by atoms with Crippen LogP contribution in [0.25, 0.3) is 0 Å². The van der Waals surface area contributed by atoms with Gasteiger partial charge in [0.2, 0.25) is 21.8 Å². The van der Waals surface area contributed by atoms with Gasteiger partial charge in [-0.2, -0.15) is 0 Å². The van der Waals surface area contributed by atoms with Crippen LogP contribution in [0.3, 0.4) is 0 Å². The number of benzene rings is 3. The summed E-state index contributed by atoms with van der Waals surface area (Å²) in [6, 6.07) is 22.7. The first-order valence-corrected chi connectivity index (χ1v) is 15.7. The molecule has 7 nitrogen and oxygen atoms in total. The molecule has 0 aliphatic carbocycles. The molecule has 0 aliphatic heterocycles. The van der Waals surface area contributed by atoms with Crippen molar-refractivity contribution in [2.24, 2.45) is 0 Å². The van der Waals surface area contributed by atoms with E-state index < -0.39 is 28.5 Å². The van der Waals surface area contributed by atoms with Crippen molar-refractivity contribution in [3.8, 4) is 0 Å². The van der Waals surface area contributed by atoms with Crippen molar-refractivity contribution in [3.05, 3.63) is 101 Å². The lowest BCUT2D eigenvalue weighted by atomic mass is 10.0. The summed E-state index contributed by atoms with van der Waals surface area (Å²) in [6.07, 6.45) is 2.87. The van der Waals surface area contributed by atoms with Gasteiger partial charge in [-0.15, -0.1) is 0 Å². The fourth-order valence-electron chi connectivity index (χ4n) is 4.34. The zero-order chi connectivity index (χ0) is 29.3. The molecule has 0 radical (unpaired) electrons. The van der Waals surface area contributed by atoms with E-state index in [0.29, 0.717) is 10.7 Å². The maximum atomic E-state index is 14.1. The third kappa shape index (κ3) is 8.83. The SMILES string of the molecule is CCc1ccc(N(CC(=O)N(Cc2cccc(Cl)c2)[C@H](Cc2ccccc2)C(=O)N[C@H](C)CC)S(C)(=O)=O)cc1. The molecule has 2 atom stereocenters. The van der Waals surface area contributed by atoms with E-state index in [1.807, 2.05) is 69.3 Å². The first kappa shape index (κ1) is 31.2. The number of hydrogen-bond acceptors (Lipinski definition) is 4. The first-order valence-electron chi connectivity index (χ1n) is 13.5. The Hall–Kier alpha value is -3.36. The van der Waals surface area contributed by atoms with Gasteiger partial charge >= 0.3 is 0 Å². The normalized spacial score (nSPS) is 12.8. The third-order valence-corrected chi connectivity index (χ3v) is 8.20. The number of nitrogens with zero attached hydrogens (tertiary/aromatic N) is 2. The van der Waals surface area contributed by atoms with Crippen LogP contribution in [-0.2, 0) is 39.0 Å². The number of nitrogens with one attached hydrogen (secondary N) is 1. The number of carbonyl (C=O) groups is 2. The minimum atomic E-state index is -3.81. The number of aryl methyl sites for hydroxylation is 1. The van der Waals surface area contributed by atoms with Gasteiger partial charge in [-0.25, -0.2) is 8.42 Å². The molecule has 0 saturated carbocycles. The zero-order valence-electron chi connectivity index (χ0n) is 23.5. The Morgan fingerprint density at radius 3 is 2.12 bits per heavy atom. The number of hydrogen-bond donors (Lipinski definition) is 1. The summed E-state index contributed by atoms with van der Waals surface area (Å²) in [5.41, 5.74) is 3.05. The molecule has 3 aromatic carbocycles. The van der Waals surface area contributed by atoms with Gasteiger partial charge in [0.05, 0.1) is 11.9 Å². The average molecular weight is 584 g/mol. The highest BCUT2D eigenvalue weighted by Gasteiger charge is 2.33. The molecular weight excluding hydrogens is 546 g/mol. The summed E-state index contributed by atoms with van der Waals surface area (Å²) in [7, 11) is -3.81. The van der Waals surface area contributed by atoms with Crippen molar-refractivity contribution in [1.82, 2.24) is 10.2 Å². The van der Waals surface area contributed by atoms with Crippen LogP contribution < -0.4 is 9.62 Å². The summed E-state index contributed by atoms with van der Waals surface area (Å²) in [4.78, 5) is 29.2. The van der Waals surface area contributed by atoms with Crippen LogP contribution in [0, 0.1) is 0 Å². The minimum absolute atomic E-state index is 0.0805. The van der Waals surface area contributed by atoms with E-state index in [4.69, 9.17) is 11.6 Å². The second-order valence-electron chi connectivity index (χ2n) is 9.96. The molecule has 0 fully saturated rings. The summed E-state index contributed by atoms with van der Waals surface area (Å²) < 4.78 is 26.9. The maximum Gasteiger partial charge on any atom is 0.244 e. The maximum absolute atomic E-state index is 14.1. The van der Waals surface area contributed by atoms with Crippen LogP contribution in [0.5, 0.6) is 0 Å². The van der Waals surface area contributed by atoms with Crippen LogP contribution in [0.2, 0.25) is 5.02 Å². The van der Waals surface area contributed by atoms with Crippen molar-refractivity contribution >= 4 is 39.1 Å². The summed E-state index contributed by atoms with van der Waals surface area (Å²) in [6.45, 7) is 5.52. The molecule has 1 N–H and O–H groups in total. The molecule has 214 valence electrons. The van der Waals surface area contributed by atoms with Gasteiger partial charge in [0.25, 0.3) is 0 Å². The van der Waals surface area contributed by atoms with E-state index in [1.54, 1.807) is 30.3 Å². The lowest BCUT2D eigenvalue weighted by molar-refractivity contribution is -0.140. The Kier molecular flexibility index (Phi) is 11.2. The Balaban J connectivity index is 2.05. The molecule has 2 amide bonds. The first-order chi connectivity index (χ1) is 19.0. The minimum Gasteiger partial charge on any atom is -0.352 e. The highest BCUT2D eigenvalue weighted by Crippen LogP contribution is 2.22. The Morgan fingerprint density at radius 1 is 0.900 bits per heavy atom. The van der Waals surface area contributed by atoms with Gasteiger partial charge in [0, 0.05) is 24.0 Å². The molecule has 0 bridgehead atoms. The van der Waals surface area contributed by atoms with E-state index in [9.17, 15) is 18.0 Å². The van der Waals surface area contributed by atoms with Crippen LogP contribution in [0.1, 0.15) is 43.9 Å². The lowest BCUT2D eigenvalue weighted by Gasteiger charge is -2.34. The molecule has 0 spiro atoms. The van der Waals surface area contributed by atoms with E-state index in [2.05, 4.69) is 5.32 Å². The summed E-state index contributed by atoms with van der Waals surface area (Å²) in [5.74, 6) is -0.794. The summed E-state index contributed by atoms with van der Waals surface area (Å²) in [5, 5.41) is 3.52. The van der Waals surface area contributed by atoms with Gasteiger partial charge in [-0.05, 0) is 60.7 Å². The topological polar surface area (TPSA) is 86.8 Å². The fourth-order valence-corrected chi connectivity index (χ4v) is 5.40. The predicted molar refractivity (Wildman–Crippen MR) is 162 cm³/mol. The van der Waals surface area contributed by atoms with Crippen LogP contribution >= 0.6 is 11.6 Å². The van der Waals surface area contributed by atoms with Gasteiger partial charge in [0.1, 0.15) is 12.6 Å². The molecule has 0 aromatic heterocycles. The monoisotopic (exact) mass is 583 g/mol. The second-order valence-corrected chi connectivity index (χ2v) is 12.3. The number of anilines is 1. The quantitative estimate of drug-likeness (QED) is 0.299. The van der Waals surface area contributed by atoms with Crippen molar-refractivity contribution < 1.29 is 18.0 Å². The fraction of sp³-hybridized carbons (Fsp3) is 0.355. The molecule has 40 heavy (non-hydrogen) atoms. The largest absolute Gasteiger partial charge is 0.352 e. The summed E-state index contributed by atoms with van der Waals surface area (Å²) >= 11 is 6.25. The number of rotatable bonds is 13. The Bertz CT molecular complexity index is 1380. The second kappa shape index (κ2) is 14.3. The number of halogens is 1. The average Bonchev–Trinajstić information content (AvgIpc) is 2.93. The molecule has 3 rings (SSSR count). The number of carbonyl (C=O) groups excluding carboxylic acids is 2. The highest BCUT2D eigenvalue weighted by atomic mass is 35.5. The Morgan fingerprint density at radius 2 is 1.55 bits per heavy atom. The van der Waals surface area contributed by atoms with Crippen molar-refractivity contribution in [1.29, 1.82) is 0 Å². The lowest BCUT2D eigenvalue weighted by Crippen LogP contribution is -2.54. The number of amides is 2. The van der Waals surface area contributed by atoms with Gasteiger partial charge in [-0.3, -0.25) is 13.9 Å². The van der Waals surface area contributed by atoms with Crippen molar-refractivity contribution in [2.75, 3.05) is 17.1 Å². The van der Waals surface area contributed by atoms with Crippen LogP contribution in [0.15, 0.2) is 78.9 Å². The highest BCUT2D eigenvalue weighted by molar-refractivity contribution is 7.92. The van der Waals surface area contributed by atoms with Crippen molar-refractivity contribution in [3.63, 3.8) is 0 Å². The zero-order valence-corrected chi connectivity index (χ0v) is 25.1. The third-order valence-electron chi connectivity index (χ3n) is 6.83. The Labute approximate surface area is 243 Å². The number of sulfonamides is 1. The van der Waals surface area contributed by atoms with Crippen LogP contribution in [0.4, 0.5) is 5.69 Å². The molecule has 3 aromatic rings. The molecule has 0 heterocycles. The van der Waals surface area contributed by atoms with Gasteiger partial charge < -0.3 is 10.2 Å².